The van der Waals surface area contributed by atoms with Crippen molar-refractivity contribution in [1.29, 1.82) is 0 Å². The molecule has 0 unspecified atom stereocenters. The summed E-state index contributed by atoms with van der Waals surface area (Å²) >= 11 is 0. The molecule has 0 bridgehead atoms. The van der Waals surface area contributed by atoms with E-state index in [1.165, 1.54) is 0 Å². The number of aromatic nitrogens is 2. The van der Waals surface area contributed by atoms with Crippen LogP contribution in [0.2, 0.25) is 0 Å². The summed E-state index contributed by atoms with van der Waals surface area (Å²) in [4.78, 5) is 22.1. The van der Waals surface area contributed by atoms with Gasteiger partial charge in [-0.25, -0.2) is 9.78 Å². The highest BCUT2D eigenvalue weighted by Crippen LogP contribution is 2.32. The second-order valence-corrected chi connectivity index (χ2v) is 6.51. The minimum Gasteiger partial charge on any atom is -0.492 e. The first-order valence-corrected chi connectivity index (χ1v) is 8.92. The van der Waals surface area contributed by atoms with Gasteiger partial charge in [-0.1, -0.05) is 0 Å². The fourth-order valence-electron chi connectivity index (χ4n) is 3.04. The van der Waals surface area contributed by atoms with Crippen LogP contribution in [0.1, 0.15) is 24.4 Å². The monoisotopic (exact) mass is 373 g/mol. The normalized spacial score (nSPS) is 11.4. The molecule has 0 aliphatic heterocycles. The maximum Gasteiger partial charge on any atom is 0.357 e. The number of nitrogens with one attached hydrogen (secondary N) is 1. The average molecular weight is 373 g/mol. The van der Waals surface area contributed by atoms with E-state index in [4.69, 9.17) is 14.2 Å². The number of carbonyl (C=O) groups is 1. The smallest absolute Gasteiger partial charge is 0.357 e. The molecule has 0 saturated carbocycles. The van der Waals surface area contributed by atoms with E-state index >= 15 is 0 Å². The predicted octanol–water partition coefficient (Wildman–Crippen LogP) is 3.23. The number of methoxy groups -OCH3 is 1. The van der Waals surface area contributed by atoms with Crippen molar-refractivity contribution in [2.24, 2.45) is 0 Å². The van der Waals surface area contributed by atoms with E-state index in [9.17, 15) is 4.79 Å². The number of hydrogen-bond donors (Lipinski definition) is 1. The van der Waals surface area contributed by atoms with Crippen LogP contribution < -0.4 is 4.74 Å². The van der Waals surface area contributed by atoms with E-state index in [1.807, 2.05) is 32.3 Å². The van der Waals surface area contributed by atoms with Crippen LogP contribution in [-0.4, -0.2) is 61.8 Å². The number of likely N-dealkylation sites (N-methyl/N-ethyl adjacent to an activating group) is 1. The number of carbonyl (C=O) groups excluding carboxylic acids is 1. The van der Waals surface area contributed by atoms with Gasteiger partial charge >= 0.3 is 5.97 Å². The molecule has 0 atom stereocenters. The number of aromatic amines is 1. The van der Waals surface area contributed by atoms with E-state index in [2.05, 4.69) is 14.9 Å². The molecule has 3 rings (SSSR count). The highest BCUT2D eigenvalue weighted by molar-refractivity contribution is 6.11. The molecule has 0 amide bonds. The fraction of sp³-hybridized carbons (Fsp3) is 0.400. The van der Waals surface area contributed by atoms with E-state index in [0.717, 1.165) is 34.1 Å². The molecule has 7 nitrogen and oxygen atoms in total. The molecule has 27 heavy (non-hydrogen) atoms. The Labute approximate surface area is 159 Å². The third-order valence-electron chi connectivity index (χ3n) is 4.27. The third kappa shape index (κ3) is 4.04. The molecule has 3 aromatic rings. The van der Waals surface area contributed by atoms with Crippen LogP contribution in [0.15, 0.2) is 24.4 Å². The topological polar surface area (TPSA) is 76.7 Å². The Morgan fingerprint density at radius 2 is 2.11 bits per heavy atom. The Bertz CT molecular complexity index is 955. The summed E-state index contributed by atoms with van der Waals surface area (Å²) in [7, 11) is 5.61. The van der Waals surface area contributed by atoms with Crippen LogP contribution in [0.3, 0.4) is 0 Å². The van der Waals surface area contributed by atoms with Crippen molar-refractivity contribution >= 4 is 27.8 Å². The number of pyridine rings is 1. The van der Waals surface area contributed by atoms with Gasteiger partial charge in [0.1, 0.15) is 12.4 Å². The molecule has 1 N–H and O–H groups in total. The van der Waals surface area contributed by atoms with Crippen LogP contribution in [0.4, 0.5) is 0 Å². The molecule has 0 aliphatic carbocycles. The lowest BCUT2D eigenvalue weighted by molar-refractivity contribution is 0.0514. The van der Waals surface area contributed by atoms with Gasteiger partial charge in [0.25, 0.3) is 0 Å². The number of ether oxygens (including phenoxy) is 3. The summed E-state index contributed by atoms with van der Waals surface area (Å²) in [5.74, 6) is 0.335. The van der Waals surface area contributed by atoms with Gasteiger partial charge in [0.05, 0.1) is 24.9 Å². The van der Waals surface area contributed by atoms with Gasteiger partial charge < -0.3 is 24.1 Å². The minimum absolute atomic E-state index is 0. The van der Waals surface area contributed by atoms with Crippen molar-refractivity contribution in [3.05, 3.63) is 35.7 Å². The SMILES string of the molecule is CCOC(=O)c1ncc2[nH]c3ccc(OCCN(C)C)cc3c2c1COC.[HH]. The zero-order valence-corrected chi connectivity index (χ0v) is 16.2. The Morgan fingerprint density at radius 1 is 1.30 bits per heavy atom. The molecule has 1 aromatic carbocycles. The van der Waals surface area contributed by atoms with Gasteiger partial charge in [0.15, 0.2) is 5.69 Å². The summed E-state index contributed by atoms with van der Waals surface area (Å²) in [5.41, 5.74) is 2.79. The standard InChI is InChI=1S/C20H25N3O4.H2/c1-5-26-20(24)19-15(12-25-4)18-14-10-13(27-9-8-23(2)3)6-7-16(14)22-17(18)11-21-19;/h6-7,10-11,22H,5,8-9,12H2,1-4H3;1H. The summed E-state index contributed by atoms with van der Waals surface area (Å²) in [6.45, 7) is 3.76. The number of rotatable bonds is 8. The summed E-state index contributed by atoms with van der Waals surface area (Å²) in [5, 5.41) is 1.87. The molecular formula is C20H27N3O4. The van der Waals surface area contributed by atoms with Crippen molar-refractivity contribution < 1.29 is 20.4 Å². The van der Waals surface area contributed by atoms with Gasteiger partial charge in [-0.3, -0.25) is 0 Å². The Balaban J connectivity index is 0.00000280. The number of fused-ring (bicyclic) bond motifs is 3. The van der Waals surface area contributed by atoms with Gasteiger partial charge in [-0.15, -0.1) is 0 Å². The number of nitrogens with zero attached hydrogens (tertiary/aromatic N) is 2. The molecular weight excluding hydrogens is 346 g/mol. The Morgan fingerprint density at radius 3 is 2.81 bits per heavy atom. The van der Waals surface area contributed by atoms with Crippen molar-refractivity contribution in [3.63, 3.8) is 0 Å². The first kappa shape index (κ1) is 19.1. The highest BCUT2D eigenvalue weighted by Gasteiger charge is 2.20. The van der Waals surface area contributed by atoms with Crippen LogP contribution in [0.5, 0.6) is 5.75 Å². The van der Waals surface area contributed by atoms with E-state index < -0.39 is 5.97 Å². The number of esters is 1. The second kappa shape index (κ2) is 8.37. The number of H-pyrrole nitrogens is 1. The van der Waals surface area contributed by atoms with Gasteiger partial charge in [0.2, 0.25) is 0 Å². The van der Waals surface area contributed by atoms with Crippen molar-refractivity contribution in [1.82, 2.24) is 14.9 Å². The first-order chi connectivity index (χ1) is 13.0. The van der Waals surface area contributed by atoms with Crippen LogP contribution in [0, 0.1) is 0 Å². The van der Waals surface area contributed by atoms with Crippen molar-refractivity contribution in [2.45, 2.75) is 13.5 Å². The Kier molecular flexibility index (Phi) is 5.93. The number of benzene rings is 1. The zero-order chi connectivity index (χ0) is 19.4. The molecule has 2 aromatic heterocycles. The second-order valence-electron chi connectivity index (χ2n) is 6.51. The van der Waals surface area contributed by atoms with Gasteiger partial charge in [-0.2, -0.15) is 0 Å². The van der Waals surface area contributed by atoms with Gasteiger partial charge in [0, 0.05) is 36.9 Å². The predicted molar refractivity (Wildman–Crippen MR) is 106 cm³/mol. The maximum absolute atomic E-state index is 12.3. The quantitative estimate of drug-likeness (QED) is 0.611. The third-order valence-corrected chi connectivity index (χ3v) is 4.27. The maximum atomic E-state index is 12.3. The molecule has 146 valence electrons. The van der Waals surface area contributed by atoms with E-state index in [1.54, 1.807) is 20.2 Å². The molecule has 7 heteroatoms. The first-order valence-electron chi connectivity index (χ1n) is 8.92. The van der Waals surface area contributed by atoms with E-state index in [-0.39, 0.29) is 13.7 Å². The lowest BCUT2D eigenvalue weighted by Gasteiger charge is -2.11. The largest absolute Gasteiger partial charge is 0.492 e. The highest BCUT2D eigenvalue weighted by atomic mass is 16.5. The zero-order valence-electron chi connectivity index (χ0n) is 16.2. The molecule has 0 saturated heterocycles. The van der Waals surface area contributed by atoms with E-state index in [0.29, 0.717) is 18.8 Å². The average Bonchev–Trinajstić information content (AvgIpc) is 3.00. The number of hydrogen-bond acceptors (Lipinski definition) is 6. The lowest BCUT2D eigenvalue weighted by atomic mass is 10.1. The van der Waals surface area contributed by atoms with Crippen molar-refractivity contribution in [3.8, 4) is 5.75 Å². The Hall–Kier alpha value is -2.64. The molecule has 0 spiro atoms. The minimum atomic E-state index is -0.445. The molecule has 0 radical (unpaired) electrons. The summed E-state index contributed by atoms with van der Waals surface area (Å²) in [6.07, 6.45) is 1.66. The summed E-state index contributed by atoms with van der Waals surface area (Å²) in [6, 6.07) is 5.89. The fourth-order valence-corrected chi connectivity index (χ4v) is 3.04. The molecule has 0 aliphatic rings. The van der Waals surface area contributed by atoms with Crippen molar-refractivity contribution in [2.75, 3.05) is 41.0 Å². The van der Waals surface area contributed by atoms with Gasteiger partial charge in [-0.05, 0) is 39.2 Å². The van der Waals surface area contributed by atoms with Crippen LogP contribution in [-0.2, 0) is 16.1 Å². The molecule has 0 fully saturated rings. The van der Waals surface area contributed by atoms with Crippen LogP contribution >= 0.6 is 0 Å². The summed E-state index contributed by atoms with van der Waals surface area (Å²) < 4.78 is 16.4. The van der Waals surface area contributed by atoms with Crippen LogP contribution in [0.25, 0.3) is 21.8 Å². The lowest BCUT2D eigenvalue weighted by Crippen LogP contribution is -2.19. The molecule has 2 heterocycles.